The first-order chi connectivity index (χ1) is 16.4. The van der Waals surface area contributed by atoms with Crippen LogP contribution in [-0.4, -0.2) is 88.1 Å². The smallest absolute Gasteiger partial charge is 0.328 e. The van der Waals surface area contributed by atoms with Gasteiger partial charge in [0.05, 0.1) is 6.10 Å². The summed E-state index contributed by atoms with van der Waals surface area (Å²) in [7, 11) is 0. The zero-order valence-corrected chi connectivity index (χ0v) is 21.1. The second kappa shape index (κ2) is 14.6. The zero-order chi connectivity index (χ0) is 26.7. The van der Waals surface area contributed by atoms with Gasteiger partial charge in [0.1, 0.15) is 18.1 Å². The Kier molecular flexibility index (Phi) is 12.7. The summed E-state index contributed by atoms with van der Waals surface area (Å²) in [5, 5.41) is 26.5. The van der Waals surface area contributed by atoms with Crippen LogP contribution in [-0.2, 0) is 24.0 Å². The fourth-order valence-corrected chi connectivity index (χ4v) is 4.11. The summed E-state index contributed by atoms with van der Waals surface area (Å²) in [5.41, 5.74) is 5.53. The zero-order valence-electron chi connectivity index (χ0n) is 21.1. The molecule has 1 rings (SSSR count). The average molecular weight is 500 g/mol. The molecule has 1 aliphatic rings. The number of carbonyl (C=O) groups excluding carboxylic acids is 4. The van der Waals surface area contributed by atoms with Gasteiger partial charge in [0, 0.05) is 13.5 Å². The molecular formula is C23H41N5O7. The van der Waals surface area contributed by atoms with Gasteiger partial charge in [-0.3, -0.25) is 19.2 Å². The van der Waals surface area contributed by atoms with Crippen molar-refractivity contribution in [3.63, 3.8) is 0 Å². The maximum atomic E-state index is 13.2. The molecule has 4 amide bonds. The number of aliphatic hydroxyl groups is 1. The number of amides is 4. The van der Waals surface area contributed by atoms with E-state index >= 15 is 0 Å². The fourth-order valence-electron chi connectivity index (χ4n) is 4.11. The number of nitrogens with one attached hydrogen (secondary N) is 3. The summed E-state index contributed by atoms with van der Waals surface area (Å²) >= 11 is 0. The van der Waals surface area contributed by atoms with Gasteiger partial charge < -0.3 is 36.8 Å². The molecule has 12 heteroatoms. The van der Waals surface area contributed by atoms with E-state index in [-0.39, 0.29) is 24.2 Å². The molecule has 1 heterocycles. The van der Waals surface area contributed by atoms with Gasteiger partial charge in [-0.15, -0.1) is 0 Å². The largest absolute Gasteiger partial charge is 0.480 e. The lowest BCUT2D eigenvalue weighted by molar-refractivity contribution is -0.145. The van der Waals surface area contributed by atoms with Crippen molar-refractivity contribution in [1.82, 2.24) is 20.9 Å². The lowest BCUT2D eigenvalue weighted by Crippen LogP contribution is -2.58. The highest BCUT2D eigenvalue weighted by Gasteiger charge is 2.39. The van der Waals surface area contributed by atoms with Crippen LogP contribution < -0.4 is 21.7 Å². The normalized spacial score (nSPS) is 18.9. The maximum absolute atomic E-state index is 13.2. The summed E-state index contributed by atoms with van der Waals surface area (Å²) in [6.45, 7) is 7.16. The molecule has 0 aromatic heterocycles. The van der Waals surface area contributed by atoms with Crippen LogP contribution in [0.4, 0.5) is 0 Å². The molecular weight excluding hydrogens is 458 g/mol. The van der Waals surface area contributed by atoms with Crippen molar-refractivity contribution in [3.05, 3.63) is 0 Å². The molecule has 0 aliphatic carbocycles. The molecule has 0 saturated carbocycles. The Morgan fingerprint density at radius 1 is 1.03 bits per heavy atom. The number of nitrogens with zero attached hydrogens (tertiary/aromatic N) is 1. The molecule has 7 N–H and O–H groups in total. The van der Waals surface area contributed by atoms with E-state index in [1.54, 1.807) is 0 Å². The van der Waals surface area contributed by atoms with Crippen LogP contribution >= 0.6 is 0 Å². The van der Waals surface area contributed by atoms with Gasteiger partial charge in [-0.25, -0.2) is 4.79 Å². The van der Waals surface area contributed by atoms with Crippen LogP contribution in [0.3, 0.4) is 0 Å². The number of hydrogen-bond donors (Lipinski definition) is 6. The van der Waals surface area contributed by atoms with Gasteiger partial charge in [-0.2, -0.15) is 0 Å². The maximum Gasteiger partial charge on any atom is 0.328 e. The van der Waals surface area contributed by atoms with Crippen LogP contribution in [0.2, 0.25) is 0 Å². The molecule has 12 nitrogen and oxygen atoms in total. The minimum Gasteiger partial charge on any atom is -0.480 e. The van der Waals surface area contributed by atoms with E-state index in [1.165, 1.54) is 18.7 Å². The van der Waals surface area contributed by atoms with Gasteiger partial charge in [-0.1, -0.05) is 13.8 Å². The predicted molar refractivity (Wildman–Crippen MR) is 128 cm³/mol. The molecule has 5 atom stereocenters. The van der Waals surface area contributed by atoms with E-state index in [9.17, 15) is 34.2 Å². The van der Waals surface area contributed by atoms with Crippen molar-refractivity contribution in [1.29, 1.82) is 0 Å². The van der Waals surface area contributed by atoms with Gasteiger partial charge >= 0.3 is 5.97 Å². The van der Waals surface area contributed by atoms with Crippen molar-refractivity contribution in [2.24, 2.45) is 11.7 Å². The minimum absolute atomic E-state index is 0.136. The van der Waals surface area contributed by atoms with Crippen molar-refractivity contribution in [2.75, 3.05) is 13.1 Å². The standard InChI is InChI=1S/C23H41N5O7/c1-13(2)12-17(25-15(4)30)22(33)28-11-7-9-18(28)21(32)26-16(8-5-6-10-24)20(31)27-19(14(3)29)23(34)35/h13-14,16-19,29H,5-12,24H2,1-4H3,(H,25,30)(H,26,32)(H,27,31)(H,34,35)/t14-,16+,17+,18+,19+/m1/s1. The Morgan fingerprint density at radius 3 is 2.20 bits per heavy atom. The number of hydrogen-bond acceptors (Lipinski definition) is 7. The number of carboxylic acid groups (broad SMARTS) is 1. The first-order valence-corrected chi connectivity index (χ1v) is 12.2. The highest BCUT2D eigenvalue weighted by atomic mass is 16.4. The van der Waals surface area contributed by atoms with Crippen molar-refractivity contribution in [2.45, 2.75) is 96.5 Å². The van der Waals surface area contributed by atoms with E-state index in [1.807, 2.05) is 13.8 Å². The van der Waals surface area contributed by atoms with Crippen LogP contribution in [0.5, 0.6) is 0 Å². The Bertz CT molecular complexity index is 759. The second-order valence-electron chi connectivity index (χ2n) is 9.48. The summed E-state index contributed by atoms with van der Waals surface area (Å²) in [6.07, 6.45) is 1.38. The van der Waals surface area contributed by atoms with Crippen molar-refractivity contribution >= 4 is 29.6 Å². The van der Waals surface area contributed by atoms with Crippen LogP contribution in [0.15, 0.2) is 0 Å². The van der Waals surface area contributed by atoms with Gasteiger partial charge in [0.25, 0.3) is 0 Å². The molecule has 1 saturated heterocycles. The van der Waals surface area contributed by atoms with Gasteiger partial charge in [0.15, 0.2) is 6.04 Å². The summed E-state index contributed by atoms with van der Waals surface area (Å²) in [5.74, 6) is -3.23. The Morgan fingerprint density at radius 2 is 1.69 bits per heavy atom. The molecule has 200 valence electrons. The lowest BCUT2D eigenvalue weighted by atomic mass is 10.0. The second-order valence-corrected chi connectivity index (χ2v) is 9.48. The monoisotopic (exact) mass is 499 g/mol. The van der Waals surface area contributed by atoms with Crippen molar-refractivity contribution in [3.8, 4) is 0 Å². The summed E-state index contributed by atoms with van der Waals surface area (Å²) in [6, 6.07) is -4.17. The molecule has 35 heavy (non-hydrogen) atoms. The number of carboxylic acids is 1. The molecule has 1 fully saturated rings. The Balaban J connectivity index is 3.01. The molecule has 0 radical (unpaired) electrons. The van der Waals surface area contributed by atoms with E-state index in [0.717, 1.165) is 0 Å². The summed E-state index contributed by atoms with van der Waals surface area (Å²) < 4.78 is 0. The molecule has 0 aromatic rings. The van der Waals surface area contributed by atoms with E-state index < -0.39 is 48.1 Å². The topological polar surface area (TPSA) is 191 Å². The average Bonchev–Trinajstić information content (AvgIpc) is 3.24. The Hall–Kier alpha value is -2.73. The number of unbranched alkanes of at least 4 members (excludes halogenated alkanes) is 1. The number of carbonyl (C=O) groups is 5. The number of nitrogens with two attached hydrogens (primary N) is 1. The molecule has 0 aromatic carbocycles. The highest BCUT2D eigenvalue weighted by Crippen LogP contribution is 2.21. The fraction of sp³-hybridized carbons (Fsp3) is 0.783. The van der Waals surface area contributed by atoms with Crippen molar-refractivity contribution < 1.29 is 34.2 Å². The third kappa shape index (κ3) is 9.81. The predicted octanol–water partition coefficient (Wildman–Crippen LogP) is -0.908. The highest BCUT2D eigenvalue weighted by molar-refractivity contribution is 5.95. The first kappa shape index (κ1) is 30.3. The van der Waals surface area contributed by atoms with E-state index in [4.69, 9.17) is 5.73 Å². The number of rotatable bonds is 14. The number of aliphatic carboxylic acids is 1. The lowest BCUT2D eigenvalue weighted by Gasteiger charge is -2.30. The minimum atomic E-state index is -1.53. The molecule has 0 bridgehead atoms. The molecule has 0 unspecified atom stereocenters. The quantitative estimate of drug-likeness (QED) is 0.165. The summed E-state index contributed by atoms with van der Waals surface area (Å²) in [4.78, 5) is 63.6. The van der Waals surface area contributed by atoms with Crippen LogP contribution in [0, 0.1) is 5.92 Å². The third-order valence-corrected chi connectivity index (χ3v) is 5.85. The molecule has 1 aliphatic heterocycles. The van der Waals surface area contributed by atoms with E-state index in [0.29, 0.717) is 45.2 Å². The van der Waals surface area contributed by atoms with Gasteiger partial charge in [-0.05, 0) is 57.9 Å². The van der Waals surface area contributed by atoms with Crippen LogP contribution in [0.25, 0.3) is 0 Å². The van der Waals surface area contributed by atoms with E-state index in [2.05, 4.69) is 16.0 Å². The third-order valence-electron chi connectivity index (χ3n) is 5.85. The first-order valence-electron chi connectivity index (χ1n) is 12.2. The van der Waals surface area contributed by atoms with Crippen LogP contribution in [0.1, 0.15) is 66.2 Å². The molecule has 0 spiro atoms. The Labute approximate surface area is 206 Å². The number of likely N-dealkylation sites (tertiary alicyclic amines) is 1. The SMILES string of the molecule is CC(=O)N[C@@H](CC(C)C)C(=O)N1CCC[C@H]1C(=O)N[C@@H](CCCCN)C(=O)N[C@H](C(=O)O)[C@@H](C)O. The van der Waals surface area contributed by atoms with Gasteiger partial charge in [0.2, 0.25) is 23.6 Å². The number of aliphatic hydroxyl groups excluding tert-OH is 1.